The van der Waals surface area contributed by atoms with E-state index in [4.69, 9.17) is 10.8 Å². The monoisotopic (exact) mass is 255 g/mol. The molecule has 76 valence electrons. The molecule has 1 aromatic rings. The van der Waals surface area contributed by atoms with Gasteiger partial charge in [0.1, 0.15) is 11.8 Å². The Morgan fingerprint density at radius 2 is 2.21 bits per heavy atom. The molecule has 5 heteroatoms. The molecule has 0 heterocycles. The first-order valence-corrected chi connectivity index (χ1v) is 4.76. The highest BCUT2D eigenvalue weighted by molar-refractivity contribution is 9.10. The molecule has 0 aliphatic carbocycles. The third-order valence-electron chi connectivity index (χ3n) is 1.78. The van der Waals surface area contributed by atoms with Crippen LogP contribution in [-0.2, 0) is 11.2 Å². The minimum absolute atomic E-state index is 0.0834. The maximum Gasteiger partial charge on any atom is 0.320 e. The van der Waals surface area contributed by atoms with Crippen molar-refractivity contribution in [2.24, 2.45) is 5.73 Å². The van der Waals surface area contributed by atoms with E-state index >= 15 is 0 Å². The van der Waals surface area contributed by atoms with Gasteiger partial charge in [0.05, 0.1) is 4.47 Å². The fourth-order valence-electron chi connectivity index (χ4n) is 1.03. The van der Waals surface area contributed by atoms with Crippen molar-refractivity contribution in [2.45, 2.75) is 12.5 Å². The van der Waals surface area contributed by atoms with Gasteiger partial charge >= 0.3 is 5.97 Å². The van der Waals surface area contributed by atoms with Gasteiger partial charge in [-0.05, 0) is 40.0 Å². The van der Waals surface area contributed by atoms with E-state index in [9.17, 15) is 9.90 Å². The molecule has 1 atom stereocenters. The number of aliphatic carboxylic acids is 1. The van der Waals surface area contributed by atoms with Gasteiger partial charge < -0.3 is 15.9 Å². The molecule has 0 bridgehead atoms. The zero-order valence-corrected chi connectivity index (χ0v) is 8.86. The molecular formula is C9H10BrNO3. The topological polar surface area (TPSA) is 83.5 Å². The molecule has 0 radical (unpaired) electrons. The molecule has 0 fully saturated rings. The summed E-state index contributed by atoms with van der Waals surface area (Å²) in [7, 11) is 0. The quantitative estimate of drug-likeness (QED) is 0.755. The Labute approximate surface area is 89.5 Å². The summed E-state index contributed by atoms with van der Waals surface area (Å²) < 4.78 is 0.574. The van der Waals surface area contributed by atoms with Gasteiger partial charge in [0.2, 0.25) is 0 Å². The third kappa shape index (κ3) is 2.71. The zero-order valence-electron chi connectivity index (χ0n) is 7.27. The standard InChI is InChI=1S/C9H10BrNO3/c10-6-2-1-5(4-8(6)12)3-7(11)9(13)14/h1-2,4,7,12H,3,11H2,(H,13,14)/t7-/m0/s1/i10-5. The average Bonchev–Trinajstić information content (AvgIpc) is 2.11. The van der Waals surface area contributed by atoms with Gasteiger partial charge in [0.15, 0.2) is 0 Å². The minimum atomic E-state index is -1.05. The smallest absolute Gasteiger partial charge is 0.320 e. The fourth-order valence-corrected chi connectivity index (χ4v) is 1.27. The normalized spacial score (nSPS) is 12.4. The summed E-state index contributed by atoms with van der Waals surface area (Å²) in [6, 6.07) is 3.93. The molecule has 0 saturated heterocycles. The predicted molar refractivity (Wildman–Crippen MR) is 55.1 cm³/mol. The van der Waals surface area contributed by atoms with Crippen LogP contribution in [-0.4, -0.2) is 22.2 Å². The van der Waals surface area contributed by atoms with Crippen molar-refractivity contribution in [2.75, 3.05) is 0 Å². The number of carboxylic acid groups (broad SMARTS) is 1. The minimum Gasteiger partial charge on any atom is -0.507 e. The SMILES string of the molecule is N[C@@H](Cc1ccc([75Br])c(O)c1)C(=O)O. The summed E-state index contributed by atoms with van der Waals surface area (Å²) >= 11 is 3.13. The highest BCUT2D eigenvalue weighted by atomic mass is 74.9. The second kappa shape index (κ2) is 4.43. The van der Waals surface area contributed by atoms with E-state index in [-0.39, 0.29) is 12.2 Å². The van der Waals surface area contributed by atoms with Gasteiger partial charge in [0, 0.05) is 0 Å². The van der Waals surface area contributed by atoms with Crippen LogP contribution < -0.4 is 5.73 Å². The van der Waals surface area contributed by atoms with Gasteiger partial charge in [-0.3, -0.25) is 4.79 Å². The maximum atomic E-state index is 10.5. The number of hydrogen-bond acceptors (Lipinski definition) is 3. The van der Waals surface area contributed by atoms with Crippen molar-refractivity contribution in [3.8, 4) is 5.75 Å². The number of hydrogen-bond donors (Lipinski definition) is 3. The highest BCUT2D eigenvalue weighted by Crippen LogP contribution is 2.24. The Morgan fingerprint density at radius 3 is 2.71 bits per heavy atom. The van der Waals surface area contributed by atoms with Gasteiger partial charge in [0.25, 0.3) is 0 Å². The van der Waals surface area contributed by atoms with Gasteiger partial charge in [-0.15, -0.1) is 0 Å². The predicted octanol–water partition coefficient (Wildman–Crippen LogP) is 1.11. The molecule has 0 spiro atoms. The zero-order chi connectivity index (χ0) is 10.7. The van der Waals surface area contributed by atoms with E-state index < -0.39 is 12.0 Å². The summed E-state index contributed by atoms with van der Waals surface area (Å²) in [6.45, 7) is 0. The number of rotatable bonds is 3. The Kier molecular flexibility index (Phi) is 3.49. The Hall–Kier alpha value is -1.07. The molecular weight excluding hydrogens is 245 g/mol. The van der Waals surface area contributed by atoms with Crippen LogP contribution in [0, 0.1) is 0 Å². The van der Waals surface area contributed by atoms with E-state index in [1.165, 1.54) is 6.07 Å². The van der Waals surface area contributed by atoms with E-state index in [1.54, 1.807) is 12.1 Å². The van der Waals surface area contributed by atoms with Gasteiger partial charge in [-0.25, -0.2) is 0 Å². The number of carboxylic acids is 1. The maximum absolute atomic E-state index is 10.5. The number of aromatic hydroxyl groups is 1. The Morgan fingerprint density at radius 1 is 1.57 bits per heavy atom. The lowest BCUT2D eigenvalue weighted by Gasteiger charge is -2.07. The molecule has 0 aromatic heterocycles. The number of benzene rings is 1. The highest BCUT2D eigenvalue weighted by Gasteiger charge is 2.12. The lowest BCUT2D eigenvalue weighted by molar-refractivity contribution is -0.138. The largest absolute Gasteiger partial charge is 0.507 e. The second-order valence-electron chi connectivity index (χ2n) is 2.93. The summed E-state index contributed by atoms with van der Waals surface area (Å²) in [4.78, 5) is 10.5. The first kappa shape index (κ1) is 11.0. The molecule has 4 nitrogen and oxygen atoms in total. The summed E-state index contributed by atoms with van der Waals surface area (Å²) in [6.07, 6.45) is 0.205. The Balaban J connectivity index is 2.78. The van der Waals surface area contributed by atoms with Crippen LogP contribution in [0.2, 0.25) is 0 Å². The van der Waals surface area contributed by atoms with Crippen LogP contribution in [0.3, 0.4) is 0 Å². The van der Waals surface area contributed by atoms with Crippen molar-refractivity contribution < 1.29 is 15.0 Å². The number of halogens is 1. The average molecular weight is 255 g/mol. The van der Waals surface area contributed by atoms with Crippen LogP contribution >= 0.6 is 15.9 Å². The van der Waals surface area contributed by atoms with Crippen LogP contribution in [0.5, 0.6) is 5.75 Å². The number of phenolic OH excluding ortho intramolecular Hbond substituents is 1. The first-order valence-electron chi connectivity index (χ1n) is 3.96. The molecule has 1 rings (SSSR count). The second-order valence-corrected chi connectivity index (χ2v) is 3.79. The van der Waals surface area contributed by atoms with Gasteiger partial charge in [-0.2, -0.15) is 0 Å². The van der Waals surface area contributed by atoms with Crippen molar-refractivity contribution in [3.63, 3.8) is 0 Å². The van der Waals surface area contributed by atoms with Crippen LogP contribution in [0.4, 0.5) is 0 Å². The number of carbonyl (C=O) groups is 1. The number of nitrogens with two attached hydrogens (primary N) is 1. The van der Waals surface area contributed by atoms with Crippen LogP contribution in [0.25, 0.3) is 0 Å². The molecule has 0 amide bonds. The molecule has 0 aliphatic heterocycles. The molecule has 14 heavy (non-hydrogen) atoms. The van der Waals surface area contributed by atoms with Crippen molar-refractivity contribution in [1.82, 2.24) is 0 Å². The summed E-state index contributed by atoms with van der Waals surface area (Å²) in [5.74, 6) is -0.965. The molecule has 0 saturated carbocycles. The fraction of sp³-hybridized carbons (Fsp3) is 0.222. The molecule has 4 N–H and O–H groups in total. The van der Waals surface area contributed by atoms with Crippen LogP contribution in [0.1, 0.15) is 5.56 Å². The Bertz CT molecular complexity index is 354. The van der Waals surface area contributed by atoms with Crippen molar-refractivity contribution in [1.29, 1.82) is 0 Å². The summed E-state index contributed by atoms with van der Waals surface area (Å²) in [5.41, 5.74) is 6.04. The third-order valence-corrected chi connectivity index (χ3v) is 2.45. The summed E-state index contributed by atoms with van der Waals surface area (Å²) in [5, 5.41) is 17.9. The number of phenols is 1. The van der Waals surface area contributed by atoms with E-state index in [0.29, 0.717) is 10.0 Å². The molecule has 1 aromatic carbocycles. The van der Waals surface area contributed by atoms with Crippen molar-refractivity contribution in [3.05, 3.63) is 28.2 Å². The molecule has 0 aliphatic rings. The lowest BCUT2D eigenvalue weighted by Crippen LogP contribution is -2.32. The van der Waals surface area contributed by atoms with Crippen molar-refractivity contribution >= 4 is 21.9 Å². The van der Waals surface area contributed by atoms with Crippen LogP contribution in [0.15, 0.2) is 22.7 Å². The van der Waals surface area contributed by atoms with E-state index in [1.807, 2.05) is 0 Å². The van der Waals surface area contributed by atoms with E-state index in [0.717, 1.165) is 0 Å². The van der Waals surface area contributed by atoms with Gasteiger partial charge in [-0.1, -0.05) is 6.07 Å². The lowest BCUT2D eigenvalue weighted by atomic mass is 10.1. The van der Waals surface area contributed by atoms with E-state index in [2.05, 4.69) is 15.9 Å². The first-order chi connectivity index (χ1) is 6.50. The molecule has 0 unspecified atom stereocenters.